The van der Waals surface area contributed by atoms with E-state index in [0.29, 0.717) is 4.90 Å². The van der Waals surface area contributed by atoms with Crippen LogP contribution in [0.15, 0.2) is 41.3 Å². The summed E-state index contributed by atoms with van der Waals surface area (Å²) in [4.78, 5) is 0.446. The van der Waals surface area contributed by atoms with Gasteiger partial charge in [0.2, 0.25) is 0 Å². The summed E-state index contributed by atoms with van der Waals surface area (Å²) < 4.78 is 20.9. The molecule has 1 atom stereocenters. The molecule has 2 aromatic carbocycles. The van der Waals surface area contributed by atoms with E-state index in [1.165, 1.54) is 0 Å². The van der Waals surface area contributed by atoms with E-state index in [2.05, 4.69) is 22.6 Å². The molecular weight excluding hydrogens is 334 g/mol. The molecule has 0 bridgehead atoms. The zero-order valence-electron chi connectivity index (χ0n) is 9.11. The maximum absolute atomic E-state index is 10.9. The second-order valence-corrected chi connectivity index (χ2v) is 5.00. The third kappa shape index (κ3) is 3.01. The predicted molar refractivity (Wildman–Crippen MR) is 66.8 cm³/mol. The van der Waals surface area contributed by atoms with Crippen LogP contribution in [0.25, 0.3) is 10.8 Å². The Bertz CT molecular complexity index is 521. The van der Waals surface area contributed by atoms with Gasteiger partial charge >= 0.3 is 29.6 Å². The van der Waals surface area contributed by atoms with Crippen molar-refractivity contribution < 1.29 is 39.7 Å². The fraction of sp³-hybridized carbons (Fsp3) is 0. The smallest absolute Gasteiger partial charge is 1.00 e. The normalized spacial score (nSPS) is 12.1. The van der Waals surface area contributed by atoms with Crippen LogP contribution in [0.5, 0.6) is 0 Å². The maximum Gasteiger partial charge on any atom is 1.00 e. The minimum atomic E-state index is -1.90. The molecule has 0 saturated carbocycles. The Kier molecular flexibility index (Phi) is 5.21. The minimum Gasteiger partial charge on any atom is -1.00 e. The van der Waals surface area contributed by atoms with E-state index in [0.717, 1.165) is 14.3 Å². The monoisotopic (exact) mass is 342 g/mol. The van der Waals surface area contributed by atoms with Gasteiger partial charge in [0.15, 0.2) is 11.1 Å². The Hall–Kier alpha value is 0.540. The van der Waals surface area contributed by atoms with Gasteiger partial charge in [-0.15, -0.1) is 0 Å². The topological polar surface area (TPSA) is 37.3 Å². The number of fused-ring (bicyclic) bond motifs is 1. The molecule has 2 nitrogen and oxygen atoms in total. The number of hydrogen-bond acceptors (Lipinski definition) is 1. The Morgan fingerprint density at radius 2 is 2.00 bits per heavy atom. The summed E-state index contributed by atoms with van der Waals surface area (Å²) >= 11 is 0.321. The molecule has 2 rings (SSSR count). The minimum absolute atomic E-state index is 0. The summed E-state index contributed by atoms with van der Waals surface area (Å²) in [6.45, 7) is 0. The second kappa shape index (κ2) is 5.75. The third-order valence-electron chi connectivity index (χ3n) is 2.00. The standard InChI is InChI=1S/C10H7IO2S.Na.H/c11-10-3-1-2-7-4-5-8(14(12)13)6-9(7)10;;/h1-6H,(H,12,13);;/q;+1;-1. The largest absolute Gasteiger partial charge is 1.00 e. The number of benzene rings is 2. The van der Waals surface area contributed by atoms with Crippen LogP contribution < -0.4 is 29.6 Å². The zero-order chi connectivity index (χ0) is 10.1. The quantitative estimate of drug-likeness (QED) is 0.455. The molecule has 0 aromatic heterocycles. The molecule has 5 heteroatoms. The van der Waals surface area contributed by atoms with Gasteiger partial charge in [-0.2, -0.15) is 0 Å². The molecule has 0 spiro atoms. The molecule has 0 heterocycles. The van der Waals surface area contributed by atoms with Crippen LogP contribution in [0.2, 0.25) is 0 Å². The van der Waals surface area contributed by atoms with Gasteiger partial charge in [0.1, 0.15) is 0 Å². The number of hydrogen-bond donors (Lipinski definition) is 1. The summed E-state index contributed by atoms with van der Waals surface area (Å²) in [6.07, 6.45) is 0. The van der Waals surface area contributed by atoms with Crippen molar-refractivity contribution >= 4 is 44.4 Å². The van der Waals surface area contributed by atoms with E-state index < -0.39 is 11.1 Å². The average Bonchev–Trinajstić information content (AvgIpc) is 2.18. The first kappa shape index (κ1) is 13.6. The molecule has 1 N–H and O–H groups in total. The molecule has 0 aliphatic carbocycles. The molecule has 15 heavy (non-hydrogen) atoms. The Morgan fingerprint density at radius 3 is 2.67 bits per heavy atom. The van der Waals surface area contributed by atoms with Crippen molar-refractivity contribution in [2.24, 2.45) is 0 Å². The first-order valence-electron chi connectivity index (χ1n) is 3.97. The zero-order valence-corrected chi connectivity index (χ0v) is 13.1. The molecule has 1 unspecified atom stereocenters. The Balaban J connectivity index is 0.00000112. The van der Waals surface area contributed by atoms with Crippen LogP contribution in [0, 0.1) is 3.57 Å². The molecule has 74 valence electrons. The van der Waals surface area contributed by atoms with Crippen LogP contribution in [0.1, 0.15) is 1.43 Å². The molecule has 0 saturated heterocycles. The molecule has 0 aliphatic rings. The van der Waals surface area contributed by atoms with E-state index in [4.69, 9.17) is 4.55 Å². The van der Waals surface area contributed by atoms with Gasteiger partial charge in [-0.3, -0.25) is 0 Å². The van der Waals surface area contributed by atoms with Crippen molar-refractivity contribution in [2.75, 3.05) is 0 Å². The second-order valence-electron chi connectivity index (χ2n) is 2.87. The summed E-state index contributed by atoms with van der Waals surface area (Å²) in [5, 5.41) is 2.11. The number of halogens is 1. The molecule has 0 fully saturated rings. The third-order valence-corrected chi connectivity index (χ3v) is 3.60. The van der Waals surface area contributed by atoms with Crippen LogP contribution in [0.4, 0.5) is 0 Å². The fourth-order valence-electron chi connectivity index (χ4n) is 1.32. The van der Waals surface area contributed by atoms with Gasteiger partial charge in [-0.05, 0) is 51.6 Å². The first-order valence-corrected chi connectivity index (χ1v) is 6.16. The average molecular weight is 342 g/mol. The van der Waals surface area contributed by atoms with Gasteiger partial charge in [-0.1, -0.05) is 18.2 Å². The van der Waals surface area contributed by atoms with E-state index in [1.54, 1.807) is 12.1 Å². The molecule has 0 radical (unpaired) electrons. The van der Waals surface area contributed by atoms with Crippen molar-refractivity contribution in [3.63, 3.8) is 0 Å². The summed E-state index contributed by atoms with van der Waals surface area (Å²) in [5.74, 6) is 0. The van der Waals surface area contributed by atoms with Crippen molar-refractivity contribution in [3.8, 4) is 0 Å². The summed E-state index contributed by atoms with van der Waals surface area (Å²) in [5.41, 5.74) is 0. The van der Waals surface area contributed by atoms with E-state index in [-0.39, 0.29) is 31.0 Å². The Labute approximate surface area is 128 Å². The molecular formula is C10H8INaO2S. The van der Waals surface area contributed by atoms with E-state index in [9.17, 15) is 4.21 Å². The van der Waals surface area contributed by atoms with Crippen LogP contribution in [-0.2, 0) is 11.1 Å². The van der Waals surface area contributed by atoms with Crippen molar-refractivity contribution in [3.05, 3.63) is 40.0 Å². The molecule has 0 amide bonds. The van der Waals surface area contributed by atoms with Gasteiger partial charge in [0.05, 0.1) is 4.90 Å². The van der Waals surface area contributed by atoms with Gasteiger partial charge < -0.3 is 5.98 Å². The molecule has 2 aromatic rings. The van der Waals surface area contributed by atoms with Gasteiger partial charge in [-0.25, -0.2) is 4.21 Å². The van der Waals surface area contributed by atoms with E-state index >= 15 is 0 Å². The van der Waals surface area contributed by atoms with Crippen molar-refractivity contribution in [2.45, 2.75) is 4.90 Å². The van der Waals surface area contributed by atoms with Crippen molar-refractivity contribution in [1.29, 1.82) is 0 Å². The predicted octanol–water partition coefficient (Wildman–Crippen LogP) is 0.142. The van der Waals surface area contributed by atoms with Gasteiger partial charge in [0.25, 0.3) is 0 Å². The summed E-state index contributed by atoms with van der Waals surface area (Å²) in [6, 6.07) is 11.2. The molecule has 0 aliphatic heterocycles. The Morgan fingerprint density at radius 1 is 1.27 bits per heavy atom. The first-order chi connectivity index (χ1) is 6.68. The van der Waals surface area contributed by atoms with Crippen molar-refractivity contribution in [1.82, 2.24) is 0 Å². The van der Waals surface area contributed by atoms with Crippen LogP contribution in [0.3, 0.4) is 0 Å². The van der Waals surface area contributed by atoms with Crippen LogP contribution in [-0.4, -0.2) is 8.76 Å². The number of rotatable bonds is 1. The fourth-order valence-corrected chi connectivity index (χ4v) is 2.40. The van der Waals surface area contributed by atoms with E-state index in [1.807, 2.05) is 24.3 Å². The maximum atomic E-state index is 10.9. The van der Waals surface area contributed by atoms with Crippen LogP contribution >= 0.6 is 22.6 Å². The SMILES string of the molecule is O=S(O)c1ccc2cccc(I)c2c1.[H-].[Na+]. The summed E-state index contributed by atoms with van der Waals surface area (Å²) in [7, 11) is 0. The van der Waals surface area contributed by atoms with Gasteiger partial charge in [0, 0.05) is 3.57 Å².